The van der Waals surface area contributed by atoms with Crippen molar-refractivity contribution in [2.75, 3.05) is 0 Å². The first kappa shape index (κ1) is 19.7. The Kier molecular flexibility index (Phi) is 5.71. The van der Waals surface area contributed by atoms with Crippen LogP contribution < -0.4 is 4.57 Å². The topological polar surface area (TPSA) is 29.9 Å². The number of oxazole rings is 1. The van der Waals surface area contributed by atoms with Gasteiger partial charge in [-0.25, -0.2) is 9.55 Å². The highest BCUT2D eigenvalue weighted by Crippen LogP contribution is 2.25. The van der Waals surface area contributed by atoms with Gasteiger partial charge in [-0.3, -0.25) is 0 Å². The minimum atomic E-state index is 0.630. The van der Waals surface area contributed by atoms with Gasteiger partial charge in [-0.05, 0) is 11.1 Å². The zero-order valence-electron chi connectivity index (χ0n) is 17.6. The number of rotatable bonds is 6. The molecule has 0 aliphatic heterocycles. The molecule has 0 saturated carbocycles. The Bertz CT molecular complexity index is 1300. The molecule has 3 nitrogen and oxygen atoms in total. The summed E-state index contributed by atoms with van der Waals surface area (Å²) in [4.78, 5) is 4.44. The molecular formula is C29H23N2O+. The summed E-state index contributed by atoms with van der Waals surface area (Å²) in [5.74, 6) is 1.41. The van der Waals surface area contributed by atoms with Crippen LogP contribution in [0.5, 0.6) is 0 Å². The molecule has 2 aromatic heterocycles. The fraction of sp³-hybridized carbons (Fsp3) is 0.0345. The first-order chi connectivity index (χ1) is 15.8. The minimum absolute atomic E-state index is 0.630. The van der Waals surface area contributed by atoms with E-state index < -0.39 is 0 Å². The largest absolute Gasteiger partial charge is 0.436 e. The lowest BCUT2D eigenvalue weighted by atomic mass is 10.1. The first-order valence-electron chi connectivity index (χ1n) is 10.7. The number of aromatic nitrogens is 2. The van der Waals surface area contributed by atoms with Gasteiger partial charge >= 0.3 is 0 Å². The second-order valence-electron chi connectivity index (χ2n) is 7.64. The molecule has 3 aromatic carbocycles. The van der Waals surface area contributed by atoms with Gasteiger partial charge in [0.25, 0.3) is 0 Å². The Labute approximate surface area is 188 Å². The van der Waals surface area contributed by atoms with Gasteiger partial charge in [-0.15, -0.1) is 0 Å². The van der Waals surface area contributed by atoms with Crippen LogP contribution in [-0.2, 0) is 6.54 Å². The second-order valence-corrected chi connectivity index (χ2v) is 7.64. The van der Waals surface area contributed by atoms with Crippen molar-refractivity contribution in [3.8, 4) is 22.8 Å². The van der Waals surface area contributed by atoms with Crippen molar-refractivity contribution in [3.05, 3.63) is 132 Å². The van der Waals surface area contributed by atoms with E-state index in [1.807, 2.05) is 48.5 Å². The predicted octanol–water partition coefficient (Wildman–Crippen LogP) is 6.51. The Morgan fingerprint density at radius 3 is 1.97 bits per heavy atom. The molecule has 0 amide bonds. The lowest BCUT2D eigenvalue weighted by molar-refractivity contribution is -0.688. The van der Waals surface area contributed by atoms with Crippen LogP contribution in [0.25, 0.3) is 34.9 Å². The summed E-state index contributed by atoms with van der Waals surface area (Å²) in [6.45, 7) is 0.809. The summed E-state index contributed by atoms with van der Waals surface area (Å²) in [7, 11) is 0. The maximum absolute atomic E-state index is 5.96. The van der Waals surface area contributed by atoms with E-state index in [0.717, 1.165) is 23.4 Å². The average Bonchev–Trinajstić information content (AvgIpc) is 3.36. The fourth-order valence-corrected chi connectivity index (χ4v) is 3.55. The van der Waals surface area contributed by atoms with Crippen LogP contribution in [-0.4, -0.2) is 4.98 Å². The van der Waals surface area contributed by atoms with Gasteiger partial charge in [0.1, 0.15) is 0 Å². The number of benzene rings is 3. The van der Waals surface area contributed by atoms with E-state index in [0.29, 0.717) is 5.89 Å². The van der Waals surface area contributed by atoms with Gasteiger partial charge in [0.15, 0.2) is 24.7 Å². The highest BCUT2D eigenvalue weighted by molar-refractivity contribution is 5.69. The molecule has 2 heterocycles. The summed E-state index contributed by atoms with van der Waals surface area (Å²) in [5, 5.41) is 0. The summed E-state index contributed by atoms with van der Waals surface area (Å²) in [6.07, 6.45) is 10.2. The molecular weight excluding hydrogens is 392 g/mol. The summed E-state index contributed by atoms with van der Waals surface area (Å²) in [6, 6.07) is 33.1. The molecule has 0 atom stereocenters. The van der Waals surface area contributed by atoms with E-state index in [1.165, 1.54) is 16.7 Å². The summed E-state index contributed by atoms with van der Waals surface area (Å²) in [5.41, 5.74) is 5.64. The van der Waals surface area contributed by atoms with Crippen molar-refractivity contribution < 1.29 is 8.98 Å². The van der Waals surface area contributed by atoms with Crippen LogP contribution in [0.1, 0.15) is 16.7 Å². The monoisotopic (exact) mass is 415 g/mol. The number of nitrogens with zero attached hydrogens (tertiary/aromatic N) is 2. The molecule has 0 N–H and O–H groups in total. The van der Waals surface area contributed by atoms with Gasteiger partial charge < -0.3 is 4.42 Å². The van der Waals surface area contributed by atoms with Crippen LogP contribution >= 0.6 is 0 Å². The van der Waals surface area contributed by atoms with Gasteiger partial charge in [0.05, 0.1) is 6.20 Å². The smallest absolute Gasteiger partial charge is 0.227 e. The van der Waals surface area contributed by atoms with Gasteiger partial charge in [0, 0.05) is 28.8 Å². The third kappa shape index (κ3) is 4.73. The number of hydrogen-bond donors (Lipinski definition) is 0. The van der Waals surface area contributed by atoms with Crippen molar-refractivity contribution in [2.24, 2.45) is 0 Å². The maximum Gasteiger partial charge on any atom is 0.227 e. The van der Waals surface area contributed by atoms with Crippen LogP contribution in [0.3, 0.4) is 0 Å². The van der Waals surface area contributed by atoms with Crippen molar-refractivity contribution >= 4 is 12.2 Å². The van der Waals surface area contributed by atoms with Crippen molar-refractivity contribution in [1.82, 2.24) is 4.98 Å². The Morgan fingerprint density at radius 1 is 0.656 bits per heavy atom. The average molecular weight is 416 g/mol. The molecule has 0 radical (unpaired) electrons. The molecule has 5 aromatic rings. The molecule has 0 spiro atoms. The Hall–Kier alpha value is -4.24. The third-order valence-corrected chi connectivity index (χ3v) is 5.31. The first-order valence-corrected chi connectivity index (χ1v) is 10.7. The SMILES string of the molecule is C(=C/c1ccc(C[n+]2ccc(-c3ncc(-c4ccccc4)o3)cc2)cc1)/c1ccccc1. The molecule has 3 heteroatoms. The molecule has 0 saturated heterocycles. The molecule has 0 aliphatic rings. The fourth-order valence-electron chi connectivity index (χ4n) is 3.55. The lowest BCUT2D eigenvalue weighted by Gasteiger charge is -2.01. The standard InChI is InChI=1S/C29H23N2O/c1-3-7-23(8-4-1)11-12-24-13-15-25(16-14-24)22-31-19-17-27(18-20-31)29-30-21-28(32-29)26-9-5-2-6-10-26/h1-21H,22H2/q+1/b12-11-. The van der Waals surface area contributed by atoms with E-state index in [1.54, 1.807) is 6.20 Å². The second kappa shape index (κ2) is 9.27. The van der Waals surface area contributed by atoms with E-state index in [9.17, 15) is 0 Å². The maximum atomic E-state index is 5.96. The van der Waals surface area contributed by atoms with Crippen LogP contribution in [0.15, 0.2) is 120 Å². The van der Waals surface area contributed by atoms with Gasteiger partial charge in [-0.1, -0.05) is 97.1 Å². The van der Waals surface area contributed by atoms with Gasteiger partial charge in [0.2, 0.25) is 5.89 Å². The molecule has 5 rings (SSSR count). The number of pyridine rings is 1. The normalized spacial score (nSPS) is 11.1. The molecule has 0 unspecified atom stereocenters. The quantitative estimate of drug-likeness (QED) is 0.234. The highest BCUT2D eigenvalue weighted by Gasteiger charge is 2.10. The van der Waals surface area contributed by atoms with Crippen LogP contribution in [0, 0.1) is 0 Å². The van der Waals surface area contributed by atoms with Crippen molar-refractivity contribution in [3.63, 3.8) is 0 Å². The zero-order chi connectivity index (χ0) is 21.6. The predicted molar refractivity (Wildman–Crippen MR) is 128 cm³/mol. The van der Waals surface area contributed by atoms with E-state index >= 15 is 0 Å². The molecule has 32 heavy (non-hydrogen) atoms. The minimum Gasteiger partial charge on any atom is -0.436 e. The van der Waals surface area contributed by atoms with Crippen molar-refractivity contribution in [1.29, 1.82) is 0 Å². The van der Waals surface area contributed by atoms with Crippen LogP contribution in [0.2, 0.25) is 0 Å². The summed E-state index contributed by atoms with van der Waals surface area (Å²) < 4.78 is 8.11. The van der Waals surface area contributed by atoms with Gasteiger partial charge in [-0.2, -0.15) is 0 Å². The van der Waals surface area contributed by atoms with E-state index in [2.05, 4.69) is 82.6 Å². The Morgan fingerprint density at radius 2 is 1.28 bits per heavy atom. The van der Waals surface area contributed by atoms with Crippen LogP contribution in [0.4, 0.5) is 0 Å². The lowest BCUT2D eigenvalue weighted by Crippen LogP contribution is -2.32. The zero-order valence-corrected chi connectivity index (χ0v) is 17.6. The Balaban J connectivity index is 1.24. The third-order valence-electron chi connectivity index (χ3n) is 5.31. The molecule has 0 bridgehead atoms. The number of hydrogen-bond acceptors (Lipinski definition) is 2. The van der Waals surface area contributed by atoms with Crippen molar-refractivity contribution in [2.45, 2.75) is 6.54 Å². The van der Waals surface area contributed by atoms with E-state index in [4.69, 9.17) is 4.42 Å². The molecule has 154 valence electrons. The highest BCUT2D eigenvalue weighted by atomic mass is 16.4. The van der Waals surface area contributed by atoms with E-state index in [-0.39, 0.29) is 0 Å². The molecule has 0 aliphatic carbocycles. The molecule has 0 fully saturated rings. The summed E-state index contributed by atoms with van der Waals surface area (Å²) >= 11 is 0.